The van der Waals surface area contributed by atoms with Gasteiger partial charge in [-0.2, -0.15) is 4.21 Å². The van der Waals surface area contributed by atoms with Gasteiger partial charge < -0.3 is 4.18 Å². The lowest BCUT2D eigenvalue weighted by Crippen LogP contribution is -2.38. The van der Waals surface area contributed by atoms with Crippen molar-refractivity contribution in [3.63, 3.8) is 0 Å². The van der Waals surface area contributed by atoms with Crippen molar-refractivity contribution in [2.24, 2.45) is 5.41 Å². The second-order valence-electron chi connectivity index (χ2n) is 6.62. The molecule has 0 amide bonds. The summed E-state index contributed by atoms with van der Waals surface area (Å²) in [4.78, 5) is 14.0. The SMILES string of the molecule is CSc1ccc(C(=O)C(C)(C)C(C)OS(=O)Oc2ccc(C)cc2)cc1. The first-order valence-corrected chi connectivity index (χ1v) is 10.5. The molecule has 2 atom stereocenters. The third-order valence-corrected chi connectivity index (χ3v) is 5.88. The van der Waals surface area contributed by atoms with Crippen molar-refractivity contribution in [1.29, 1.82) is 0 Å². The monoisotopic (exact) mass is 392 g/mol. The summed E-state index contributed by atoms with van der Waals surface area (Å²) in [5, 5.41) is 0. The highest BCUT2D eigenvalue weighted by Crippen LogP contribution is 2.30. The molecule has 0 fully saturated rings. The highest BCUT2D eigenvalue weighted by atomic mass is 32.2. The third kappa shape index (κ3) is 5.19. The van der Waals surface area contributed by atoms with Crippen LogP contribution in [0.4, 0.5) is 0 Å². The zero-order valence-electron chi connectivity index (χ0n) is 15.6. The molecule has 0 saturated carbocycles. The number of benzene rings is 2. The lowest BCUT2D eigenvalue weighted by atomic mass is 9.80. The van der Waals surface area contributed by atoms with Crippen LogP contribution in [-0.4, -0.2) is 22.4 Å². The summed E-state index contributed by atoms with van der Waals surface area (Å²) in [6.07, 6.45) is 1.39. The van der Waals surface area contributed by atoms with Crippen molar-refractivity contribution < 1.29 is 17.4 Å². The van der Waals surface area contributed by atoms with E-state index in [9.17, 15) is 9.00 Å². The summed E-state index contributed by atoms with van der Waals surface area (Å²) >= 11 is -0.367. The molecule has 2 aromatic carbocycles. The van der Waals surface area contributed by atoms with Crippen LogP contribution in [-0.2, 0) is 15.5 Å². The van der Waals surface area contributed by atoms with Gasteiger partial charge in [-0.25, -0.2) is 0 Å². The van der Waals surface area contributed by atoms with Crippen LogP contribution in [0.1, 0.15) is 36.7 Å². The molecule has 0 aliphatic rings. The van der Waals surface area contributed by atoms with Crippen molar-refractivity contribution in [3.8, 4) is 5.75 Å². The molecule has 0 heterocycles. The lowest BCUT2D eigenvalue weighted by Gasteiger charge is -2.29. The molecule has 0 radical (unpaired) electrons. The van der Waals surface area contributed by atoms with E-state index < -0.39 is 22.9 Å². The molecule has 2 unspecified atom stereocenters. The van der Waals surface area contributed by atoms with Gasteiger partial charge in [0.25, 0.3) is 0 Å². The van der Waals surface area contributed by atoms with Crippen LogP contribution >= 0.6 is 11.8 Å². The Morgan fingerprint density at radius 3 is 2.19 bits per heavy atom. The zero-order valence-corrected chi connectivity index (χ0v) is 17.3. The van der Waals surface area contributed by atoms with Gasteiger partial charge in [0.15, 0.2) is 5.78 Å². The van der Waals surface area contributed by atoms with Crippen LogP contribution in [0.5, 0.6) is 5.75 Å². The molecule has 6 heteroatoms. The Balaban J connectivity index is 2.03. The fourth-order valence-electron chi connectivity index (χ4n) is 2.23. The van der Waals surface area contributed by atoms with Crippen molar-refractivity contribution in [1.82, 2.24) is 0 Å². The van der Waals surface area contributed by atoms with Crippen LogP contribution in [0, 0.1) is 12.3 Å². The van der Waals surface area contributed by atoms with Crippen molar-refractivity contribution in [2.75, 3.05) is 6.26 Å². The molecule has 4 nitrogen and oxygen atoms in total. The standard InChI is InChI=1S/C20H24O4S2/c1-14-6-10-17(11-7-14)24-26(22)23-15(2)20(3,4)19(21)16-8-12-18(25-5)13-9-16/h6-13,15H,1-5H3. The molecule has 26 heavy (non-hydrogen) atoms. The normalized spacial score (nSPS) is 13.9. The van der Waals surface area contributed by atoms with E-state index in [-0.39, 0.29) is 5.78 Å². The second kappa shape index (κ2) is 8.84. The van der Waals surface area contributed by atoms with Gasteiger partial charge in [0, 0.05) is 10.5 Å². The minimum atomic E-state index is -1.99. The molecule has 0 saturated heterocycles. The Morgan fingerprint density at radius 2 is 1.65 bits per heavy atom. The Bertz CT molecular complexity index is 767. The average Bonchev–Trinajstić information content (AvgIpc) is 2.63. The van der Waals surface area contributed by atoms with Gasteiger partial charge >= 0.3 is 11.4 Å². The number of hydrogen-bond acceptors (Lipinski definition) is 5. The lowest BCUT2D eigenvalue weighted by molar-refractivity contribution is 0.0577. The maximum Gasteiger partial charge on any atom is 0.360 e. The first-order valence-electron chi connectivity index (χ1n) is 8.27. The quantitative estimate of drug-likeness (QED) is 0.468. The summed E-state index contributed by atoms with van der Waals surface area (Å²) in [6.45, 7) is 7.25. The van der Waals surface area contributed by atoms with Gasteiger partial charge in [0.2, 0.25) is 0 Å². The van der Waals surface area contributed by atoms with E-state index in [2.05, 4.69) is 0 Å². The molecule has 2 aromatic rings. The molecule has 140 valence electrons. The number of aryl methyl sites for hydroxylation is 1. The maximum atomic E-state index is 12.9. The molecule has 0 spiro atoms. The van der Waals surface area contributed by atoms with E-state index in [1.54, 1.807) is 44.7 Å². The summed E-state index contributed by atoms with van der Waals surface area (Å²) in [5.74, 6) is 0.392. The van der Waals surface area contributed by atoms with Gasteiger partial charge in [-0.3, -0.25) is 8.98 Å². The van der Waals surface area contributed by atoms with Gasteiger partial charge in [-0.1, -0.05) is 29.8 Å². The minimum absolute atomic E-state index is 0.0648. The first-order chi connectivity index (χ1) is 12.2. The van der Waals surface area contributed by atoms with Gasteiger partial charge in [0.05, 0.1) is 11.5 Å². The Kier molecular flexibility index (Phi) is 7.03. The Labute approximate surface area is 162 Å². The molecule has 0 aromatic heterocycles. The maximum absolute atomic E-state index is 12.9. The fourth-order valence-corrected chi connectivity index (χ4v) is 3.42. The van der Waals surface area contributed by atoms with E-state index >= 15 is 0 Å². The van der Waals surface area contributed by atoms with Crippen LogP contribution in [0.3, 0.4) is 0 Å². The van der Waals surface area contributed by atoms with E-state index in [1.165, 1.54) is 0 Å². The highest BCUT2D eigenvalue weighted by Gasteiger charge is 2.37. The van der Waals surface area contributed by atoms with E-state index in [0.29, 0.717) is 11.3 Å². The van der Waals surface area contributed by atoms with Crippen LogP contribution in [0.25, 0.3) is 0 Å². The largest absolute Gasteiger partial charge is 0.380 e. The molecule has 0 bridgehead atoms. The summed E-state index contributed by atoms with van der Waals surface area (Å²) in [5.41, 5.74) is 0.831. The molecular formula is C20H24O4S2. The predicted octanol–water partition coefficient (Wildman–Crippen LogP) is 4.99. The van der Waals surface area contributed by atoms with Gasteiger partial charge in [0.1, 0.15) is 5.75 Å². The van der Waals surface area contributed by atoms with Gasteiger partial charge in [-0.05, 0) is 58.2 Å². The smallest absolute Gasteiger partial charge is 0.360 e. The summed E-state index contributed by atoms with van der Waals surface area (Å²) in [7, 11) is 0. The summed E-state index contributed by atoms with van der Waals surface area (Å²) in [6, 6.07) is 14.6. The topological polar surface area (TPSA) is 52.6 Å². The Hall–Kier alpha value is -1.63. The second-order valence-corrected chi connectivity index (χ2v) is 8.27. The average molecular weight is 393 g/mol. The fraction of sp³-hybridized carbons (Fsp3) is 0.350. The van der Waals surface area contributed by atoms with Crippen molar-refractivity contribution in [2.45, 2.75) is 38.7 Å². The highest BCUT2D eigenvalue weighted by molar-refractivity contribution is 7.98. The molecule has 0 N–H and O–H groups in total. The zero-order chi connectivity index (χ0) is 19.3. The van der Waals surface area contributed by atoms with E-state index in [0.717, 1.165) is 10.5 Å². The van der Waals surface area contributed by atoms with Crippen molar-refractivity contribution >= 4 is 28.9 Å². The number of carbonyl (C=O) groups is 1. The van der Waals surface area contributed by atoms with Crippen LogP contribution in [0.15, 0.2) is 53.4 Å². The molecule has 0 aliphatic heterocycles. The summed E-state index contributed by atoms with van der Waals surface area (Å²) < 4.78 is 22.9. The van der Waals surface area contributed by atoms with Crippen molar-refractivity contribution in [3.05, 3.63) is 59.7 Å². The number of hydrogen-bond donors (Lipinski definition) is 0. The molecule has 2 rings (SSSR count). The predicted molar refractivity (Wildman–Crippen MR) is 107 cm³/mol. The minimum Gasteiger partial charge on any atom is -0.380 e. The third-order valence-electron chi connectivity index (χ3n) is 4.36. The number of carbonyl (C=O) groups excluding carboxylic acids is 1. The van der Waals surface area contributed by atoms with E-state index in [4.69, 9.17) is 8.37 Å². The first kappa shape index (κ1) is 20.7. The molecule has 0 aliphatic carbocycles. The van der Waals surface area contributed by atoms with Crippen LogP contribution in [0.2, 0.25) is 0 Å². The number of rotatable bonds is 8. The number of Topliss-reactive ketones (excluding diaryl/α,β-unsaturated/α-hetero) is 1. The van der Waals surface area contributed by atoms with Crippen LogP contribution < -0.4 is 4.18 Å². The van der Waals surface area contributed by atoms with E-state index in [1.807, 2.05) is 49.6 Å². The number of ketones is 1. The molecular weight excluding hydrogens is 368 g/mol. The van der Waals surface area contributed by atoms with Gasteiger partial charge in [-0.15, -0.1) is 11.8 Å². The number of thioether (sulfide) groups is 1. The Morgan fingerprint density at radius 1 is 1.08 bits per heavy atom.